The van der Waals surface area contributed by atoms with E-state index in [1.807, 2.05) is 24.3 Å². The first-order valence-electron chi connectivity index (χ1n) is 7.83. The summed E-state index contributed by atoms with van der Waals surface area (Å²) in [4.78, 5) is 26.0. The minimum absolute atomic E-state index is 0.193. The van der Waals surface area contributed by atoms with Gasteiger partial charge in [0.05, 0.1) is 20.8 Å². The minimum Gasteiger partial charge on any atom is -0.493 e. The molecule has 6 nitrogen and oxygen atoms in total. The molecule has 0 radical (unpaired) electrons. The molecule has 1 fully saturated rings. The molecule has 0 unspecified atom stereocenters. The van der Waals surface area contributed by atoms with Gasteiger partial charge in [0.2, 0.25) is 0 Å². The third-order valence-electron chi connectivity index (χ3n) is 3.95. The molecule has 134 valence electrons. The van der Waals surface area contributed by atoms with Crippen molar-refractivity contribution in [1.82, 2.24) is 10.2 Å². The highest BCUT2D eigenvalue weighted by molar-refractivity contribution is 9.10. The summed E-state index contributed by atoms with van der Waals surface area (Å²) in [7, 11) is 3.06. The molecule has 0 atom stereocenters. The molecule has 0 bridgehead atoms. The summed E-state index contributed by atoms with van der Waals surface area (Å²) < 4.78 is 11.6. The molecule has 1 aliphatic rings. The third-order valence-corrected chi connectivity index (χ3v) is 4.48. The van der Waals surface area contributed by atoms with Gasteiger partial charge >= 0.3 is 6.03 Å². The molecule has 2 aromatic carbocycles. The number of halogens is 1. The molecule has 26 heavy (non-hydrogen) atoms. The van der Waals surface area contributed by atoms with E-state index in [4.69, 9.17) is 9.47 Å². The van der Waals surface area contributed by atoms with Crippen molar-refractivity contribution < 1.29 is 19.1 Å². The second-order valence-corrected chi connectivity index (χ2v) is 6.50. The van der Waals surface area contributed by atoms with Gasteiger partial charge in [-0.25, -0.2) is 4.79 Å². The number of benzene rings is 2. The molecule has 7 heteroatoms. The number of para-hydroxylation sites is 1. The summed E-state index contributed by atoms with van der Waals surface area (Å²) in [5.74, 6) is 0.657. The van der Waals surface area contributed by atoms with Gasteiger partial charge in [0, 0.05) is 10.0 Å². The van der Waals surface area contributed by atoms with Crippen LogP contribution in [0.5, 0.6) is 11.5 Å². The van der Waals surface area contributed by atoms with E-state index in [1.54, 1.807) is 24.3 Å². The van der Waals surface area contributed by atoms with Gasteiger partial charge in [-0.05, 0) is 29.8 Å². The Morgan fingerprint density at radius 2 is 1.81 bits per heavy atom. The van der Waals surface area contributed by atoms with Gasteiger partial charge < -0.3 is 14.8 Å². The molecule has 0 aliphatic carbocycles. The number of ether oxygens (including phenoxy) is 2. The normalized spacial score (nSPS) is 15.3. The number of hydrogen-bond donors (Lipinski definition) is 1. The van der Waals surface area contributed by atoms with Crippen LogP contribution in [0.3, 0.4) is 0 Å². The maximum atomic E-state index is 12.6. The van der Waals surface area contributed by atoms with Crippen LogP contribution >= 0.6 is 15.9 Å². The summed E-state index contributed by atoms with van der Waals surface area (Å²) in [6.07, 6.45) is 1.59. The fourth-order valence-corrected chi connectivity index (χ4v) is 2.93. The number of hydrogen-bond acceptors (Lipinski definition) is 4. The van der Waals surface area contributed by atoms with Crippen LogP contribution in [0.1, 0.15) is 11.1 Å². The molecule has 3 rings (SSSR count). The zero-order chi connectivity index (χ0) is 18.7. The van der Waals surface area contributed by atoms with Crippen molar-refractivity contribution in [3.8, 4) is 11.5 Å². The van der Waals surface area contributed by atoms with E-state index in [0.29, 0.717) is 17.1 Å². The number of amides is 3. The highest BCUT2D eigenvalue weighted by Crippen LogP contribution is 2.32. The lowest BCUT2D eigenvalue weighted by Gasteiger charge is -2.12. The van der Waals surface area contributed by atoms with E-state index in [-0.39, 0.29) is 18.1 Å². The zero-order valence-electron chi connectivity index (χ0n) is 14.3. The SMILES string of the molecule is COc1cccc(/C=C2\NC(=O)N(Cc3ccc(Br)cc3)C2=O)c1OC. The van der Waals surface area contributed by atoms with Gasteiger partial charge in [-0.1, -0.05) is 40.2 Å². The molecular weight excluding hydrogens is 400 g/mol. The van der Waals surface area contributed by atoms with Crippen molar-refractivity contribution in [2.45, 2.75) is 6.54 Å². The van der Waals surface area contributed by atoms with E-state index in [2.05, 4.69) is 21.2 Å². The highest BCUT2D eigenvalue weighted by Gasteiger charge is 2.33. The first-order chi connectivity index (χ1) is 12.5. The first-order valence-corrected chi connectivity index (χ1v) is 8.62. The Balaban J connectivity index is 1.87. The Hall–Kier alpha value is -2.80. The van der Waals surface area contributed by atoms with Crippen molar-refractivity contribution in [2.75, 3.05) is 14.2 Å². The van der Waals surface area contributed by atoms with E-state index >= 15 is 0 Å². The lowest BCUT2D eigenvalue weighted by Crippen LogP contribution is -2.30. The topological polar surface area (TPSA) is 67.9 Å². The summed E-state index contributed by atoms with van der Waals surface area (Å²) in [5.41, 5.74) is 1.69. The van der Waals surface area contributed by atoms with Crippen LogP contribution < -0.4 is 14.8 Å². The molecule has 1 heterocycles. The van der Waals surface area contributed by atoms with Crippen molar-refractivity contribution in [2.24, 2.45) is 0 Å². The standard InChI is InChI=1S/C19H17BrN2O4/c1-25-16-5-3-4-13(17(16)26-2)10-15-18(23)22(19(24)21-15)11-12-6-8-14(20)9-7-12/h3-10H,11H2,1-2H3,(H,21,24)/b15-10-. The number of rotatable bonds is 5. The number of carbonyl (C=O) groups excluding carboxylic acids is 2. The maximum absolute atomic E-state index is 12.6. The fourth-order valence-electron chi connectivity index (χ4n) is 2.67. The van der Waals surface area contributed by atoms with Gasteiger partial charge in [0.1, 0.15) is 5.70 Å². The summed E-state index contributed by atoms with van der Waals surface area (Å²) in [5, 5.41) is 2.62. The number of methoxy groups -OCH3 is 2. The Bertz CT molecular complexity index is 878. The second-order valence-electron chi connectivity index (χ2n) is 5.59. The number of nitrogens with one attached hydrogen (secondary N) is 1. The highest BCUT2D eigenvalue weighted by atomic mass is 79.9. The molecule has 0 saturated carbocycles. The van der Waals surface area contributed by atoms with Gasteiger partial charge in [-0.3, -0.25) is 9.69 Å². The molecule has 1 saturated heterocycles. The molecular formula is C19H17BrN2O4. The van der Waals surface area contributed by atoms with E-state index < -0.39 is 6.03 Å². The van der Waals surface area contributed by atoms with Crippen LogP contribution in [0, 0.1) is 0 Å². The quantitative estimate of drug-likeness (QED) is 0.597. The Morgan fingerprint density at radius 3 is 2.46 bits per heavy atom. The van der Waals surface area contributed by atoms with Gasteiger partial charge in [-0.15, -0.1) is 0 Å². The molecule has 1 N–H and O–H groups in total. The first kappa shape index (κ1) is 18.0. The maximum Gasteiger partial charge on any atom is 0.329 e. The van der Waals surface area contributed by atoms with Crippen LogP contribution in [-0.2, 0) is 11.3 Å². The van der Waals surface area contributed by atoms with E-state index in [0.717, 1.165) is 10.0 Å². The number of urea groups is 1. The van der Waals surface area contributed by atoms with Crippen LogP contribution in [-0.4, -0.2) is 31.1 Å². The summed E-state index contributed by atoms with van der Waals surface area (Å²) >= 11 is 3.36. The number of nitrogens with zero attached hydrogens (tertiary/aromatic N) is 1. The van der Waals surface area contributed by atoms with Crippen molar-refractivity contribution >= 4 is 33.9 Å². The van der Waals surface area contributed by atoms with Gasteiger partial charge in [-0.2, -0.15) is 0 Å². The predicted molar refractivity (Wildman–Crippen MR) is 101 cm³/mol. The monoisotopic (exact) mass is 416 g/mol. The lowest BCUT2D eigenvalue weighted by atomic mass is 10.1. The molecule has 1 aliphatic heterocycles. The Kier molecular flexibility index (Phi) is 5.27. The zero-order valence-corrected chi connectivity index (χ0v) is 15.9. The summed E-state index contributed by atoms with van der Waals surface area (Å²) in [6, 6.07) is 12.3. The average Bonchev–Trinajstić information content (AvgIpc) is 2.90. The van der Waals surface area contributed by atoms with Crippen LogP contribution in [0.15, 0.2) is 52.6 Å². The predicted octanol–water partition coefficient (Wildman–Crippen LogP) is 3.56. The average molecular weight is 417 g/mol. The molecule has 0 spiro atoms. The molecule has 2 aromatic rings. The Labute approximate surface area is 159 Å². The van der Waals surface area contributed by atoms with Crippen LogP contribution in [0.25, 0.3) is 6.08 Å². The second kappa shape index (κ2) is 7.61. The molecule has 3 amide bonds. The van der Waals surface area contributed by atoms with Crippen molar-refractivity contribution in [3.05, 3.63) is 63.8 Å². The van der Waals surface area contributed by atoms with Gasteiger partial charge in [0.15, 0.2) is 11.5 Å². The lowest BCUT2D eigenvalue weighted by molar-refractivity contribution is -0.123. The number of carbonyl (C=O) groups is 2. The van der Waals surface area contributed by atoms with Crippen molar-refractivity contribution in [1.29, 1.82) is 0 Å². The van der Waals surface area contributed by atoms with Crippen molar-refractivity contribution in [3.63, 3.8) is 0 Å². The van der Waals surface area contributed by atoms with Gasteiger partial charge in [0.25, 0.3) is 5.91 Å². The number of imide groups is 1. The Morgan fingerprint density at radius 1 is 1.08 bits per heavy atom. The molecule has 0 aromatic heterocycles. The van der Waals surface area contributed by atoms with Crippen LogP contribution in [0.4, 0.5) is 4.79 Å². The smallest absolute Gasteiger partial charge is 0.329 e. The van der Waals surface area contributed by atoms with E-state index in [1.165, 1.54) is 19.1 Å². The summed E-state index contributed by atoms with van der Waals surface area (Å²) in [6.45, 7) is 0.199. The third kappa shape index (κ3) is 3.57. The minimum atomic E-state index is -0.453. The largest absolute Gasteiger partial charge is 0.493 e. The van der Waals surface area contributed by atoms with E-state index in [9.17, 15) is 9.59 Å². The fraction of sp³-hybridized carbons (Fsp3) is 0.158. The van der Waals surface area contributed by atoms with Crippen LogP contribution in [0.2, 0.25) is 0 Å².